The molecule has 4 nitrogen and oxygen atoms in total. The first kappa shape index (κ1) is 18.5. The Hall–Kier alpha value is -3.84. The molecule has 0 spiro atoms. The summed E-state index contributed by atoms with van der Waals surface area (Å²) in [5, 5.41) is 2.87. The maximum Gasteiger partial charge on any atom is 0.341 e. The molecule has 0 bridgehead atoms. The molecule has 1 aliphatic rings. The van der Waals surface area contributed by atoms with Crippen LogP contribution in [0.15, 0.2) is 72.8 Å². The fraction of sp³-hybridized carbons (Fsp3) is 0.120. The van der Waals surface area contributed by atoms with Gasteiger partial charge in [0.2, 0.25) is 0 Å². The number of nitrogens with one attached hydrogen (secondary N) is 1. The number of benzene rings is 3. The van der Waals surface area contributed by atoms with Crippen LogP contribution in [0.3, 0.4) is 0 Å². The predicted molar refractivity (Wildman–Crippen MR) is 110 cm³/mol. The zero-order valence-electron chi connectivity index (χ0n) is 16.2. The van der Waals surface area contributed by atoms with Gasteiger partial charge in [-0.3, -0.25) is 4.79 Å². The normalized spacial score (nSPS) is 17.0. The lowest BCUT2D eigenvalue weighted by Gasteiger charge is -2.28. The standard InChI is InChI=1S/C25H19NO3/c1-17-11-14-21-22(15-17)25(24(28)29-2,26-23(21)27)20-10-6-9-19(16-20)13-12-18-7-4-3-5-8-18/h3-11,14-16H,1-2H3,(H,26,27). The summed E-state index contributed by atoms with van der Waals surface area (Å²) >= 11 is 0. The van der Waals surface area contributed by atoms with Gasteiger partial charge in [0, 0.05) is 22.3 Å². The molecular weight excluding hydrogens is 362 g/mol. The summed E-state index contributed by atoms with van der Waals surface area (Å²) in [7, 11) is 1.32. The van der Waals surface area contributed by atoms with Crippen molar-refractivity contribution in [1.29, 1.82) is 0 Å². The Kier molecular flexibility index (Phi) is 4.66. The Bertz CT molecular complexity index is 1170. The zero-order chi connectivity index (χ0) is 20.4. The fourth-order valence-corrected chi connectivity index (χ4v) is 3.63. The van der Waals surface area contributed by atoms with Crippen molar-refractivity contribution in [3.05, 3.63) is 106 Å². The van der Waals surface area contributed by atoms with Crippen molar-refractivity contribution >= 4 is 11.9 Å². The molecule has 0 radical (unpaired) electrons. The van der Waals surface area contributed by atoms with E-state index in [1.54, 1.807) is 6.07 Å². The highest BCUT2D eigenvalue weighted by Gasteiger charge is 2.51. The van der Waals surface area contributed by atoms with Gasteiger partial charge in [-0.2, -0.15) is 0 Å². The van der Waals surface area contributed by atoms with Crippen molar-refractivity contribution < 1.29 is 14.3 Å². The molecule has 1 atom stereocenters. The van der Waals surface area contributed by atoms with Crippen LogP contribution in [-0.2, 0) is 15.1 Å². The number of aryl methyl sites for hydroxylation is 1. The number of amides is 1. The van der Waals surface area contributed by atoms with Gasteiger partial charge in [-0.25, -0.2) is 4.79 Å². The molecule has 3 aromatic carbocycles. The smallest absolute Gasteiger partial charge is 0.341 e. The number of fused-ring (bicyclic) bond motifs is 1. The SMILES string of the molecule is COC(=O)C1(c2cccc(C#Cc3ccccc3)c2)NC(=O)c2ccc(C)cc21. The van der Waals surface area contributed by atoms with Crippen LogP contribution in [-0.4, -0.2) is 19.0 Å². The predicted octanol–water partition coefficient (Wildman–Crippen LogP) is 3.55. The molecule has 142 valence electrons. The van der Waals surface area contributed by atoms with E-state index in [1.807, 2.05) is 73.7 Å². The van der Waals surface area contributed by atoms with Gasteiger partial charge in [-0.15, -0.1) is 0 Å². The Labute approximate surface area is 169 Å². The maximum absolute atomic E-state index is 13.0. The van der Waals surface area contributed by atoms with Crippen molar-refractivity contribution in [2.24, 2.45) is 0 Å². The number of hydrogen-bond donors (Lipinski definition) is 1. The van der Waals surface area contributed by atoms with E-state index in [2.05, 4.69) is 17.2 Å². The molecule has 0 aliphatic carbocycles. The largest absolute Gasteiger partial charge is 0.467 e. The summed E-state index contributed by atoms with van der Waals surface area (Å²) < 4.78 is 5.12. The van der Waals surface area contributed by atoms with E-state index in [-0.39, 0.29) is 5.91 Å². The molecule has 29 heavy (non-hydrogen) atoms. The molecular formula is C25H19NO3. The highest BCUT2D eigenvalue weighted by atomic mass is 16.5. The van der Waals surface area contributed by atoms with Crippen molar-refractivity contribution in [3.8, 4) is 11.8 Å². The average Bonchev–Trinajstić information content (AvgIpc) is 3.05. The number of carbonyl (C=O) groups excluding carboxylic acids is 2. The molecule has 1 unspecified atom stereocenters. The minimum Gasteiger partial charge on any atom is -0.467 e. The minimum absolute atomic E-state index is 0.300. The highest BCUT2D eigenvalue weighted by molar-refractivity contribution is 6.07. The monoisotopic (exact) mass is 381 g/mol. The molecule has 0 fully saturated rings. The zero-order valence-corrected chi connectivity index (χ0v) is 16.2. The van der Waals surface area contributed by atoms with Gasteiger partial charge < -0.3 is 10.1 Å². The first-order valence-corrected chi connectivity index (χ1v) is 9.24. The topological polar surface area (TPSA) is 55.4 Å². The summed E-state index contributed by atoms with van der Waals surface area (Å²) in [5.41, 5.74) is 2.89. The van der Waals surface area contributed by atoms with Crippen LogP contribution in [0.1, 0.15) is 38.2 Å². The lowest BCUT2D eigenvalue weighted by Crippen LogP contribution is -2.48. The third-order valence-electron chi connectivity index (χ3n) is 5.04. The number of methoxy groups -OCH3 is 1. The summed E-state index contributed by atoms with van der Waals surface area (Å²) in [6, 6.07) is 22.4. The summed E-state index contributed by atoms with van der Waals surface area (Å²) in [4.78, 5) is 25.6. The van der Waals surface area contributed by atoms with Crippen LogP contribution in [0, 0.1) is 18.8 Å². The molecule has 0 aromatic heterocycles. The Balaban J connectivity index is 1.86. The maximum atomic E-state index is 13.0. The molecule has 3 aromatic rings. The molecule has 0 saturated heterocycles. The van der Waals surface area contributed by atoms with Crippen molar-refractivity contribution in [2.45, 2.75) is 12.5 Å². The Morgan fingerprint density at radius 1 is 0.931 bits per heavy atom. The minimum atomic E-state index is -1.39. The summed E-state index contributed by atoms with van der Waals surface area (Å²) in [6.45, 7) is 1.92. The average molecular weight is 381 g/mol. The van der Waals surface area contributed by atoms with E-state index in [4.69, 9.17) is 4.74 Å². The molecule has 0 saturated carbocycles. The van der Waals surface area contributed by atoms with E-state index in [0.29, 0.717) is 16.7 Å². The van der Waals surface area contributed by atoms with Crippen LogP contribution in [0.25, 0.3) is 0 Å². The van der Waals surface area contributed by atoms with E-state index in [9.17, 15) is 9.59 Å². The van der Waals surface area contributed by atoms with E-state index in [1.165, 1.54) is 7.11 Å². The van der Waals surface area contributed by atoms with Crippen LogP contribution < -0.4 is 5.32 Å². The van der Waals surface area contributed by atoms with Crippen molar-refractivity contribution in [3.63, 3.8) is 0 Å². The van der Waals surface area contributed by atoms with Gasteiger partial charge in [0.25, 0.3) is 5.91 Å². The van der Waals surface area contributed by atoms with E-state index in [0.717, 1.165) is 16.7 Å². The van der Waals surface area contributed by atoms with Crippen LogP contribution in [0.2, 0.25) is 0 Å². The lowest BCUT2D eigenvalue weighted by atomic mass is 9.82. The number of ether oxygens (including phenoxy) is 1. The van der Waals surface area contributed by atoms with Gasteiger partial charge in [0.15, 0.2) is 5.54 Å². The van der Waals surface area contributed by atoms with Gasteiger partial charge >= 0.3 is 5.97 Å². The van der Waals surface area contributed by atoms with E-state index >= 15 is 0 Å². The molecule has 1 aliphatic heterocycles. The fourth-order valence-electron chi connectivity index (χ4n) is 3.63. The number of rotatable bonds is 2. The molecule has 4 rings (SSSR count). The van der Waals surface area contributed by atoms with Gasteiger partial charge in [0.1, 0.15) is 0 Å². The summed E-state index contributed by atoms with van der Waals surface area (Å²) in [6.07, 6.45) is 0. The first-order valence-electron chi connectivity index (χ1n) is 9.24. The Morgan fingerprint density at radius 3 is 2.41 bits per heavy atom. The summed E-state index contributed by atoms with van der Waals surface area (Å²) in [5.74, 6) is 5.41. The molecule has 1 amide bonds. The quantitative estimate of drug-likeness (QED) is 0.546. The van der Waals surface area contributed by atoms with Gasteiger partial charge in [-0.1, -0.05) is 59.9 Å². The molecule has 1 N–H and O–H groups in total. The van der Waals surface area contributed by atoms with Gasteiger partial charge in [-0.05, 0) is 42.8 Å². The number of carbonyl (C=O) groups is 2. The second kappa shape index (κ2) is 7.29. The van der Waals surface area contributed by atoms with Crippen molar-refractivity contribution in [1.82, 2.24) is 5.32 Å². The van der Waals surface area contributed by atoms with Gasteiger partial charge in [0.05, 0.1) is 7.11 Å². The third kappa shape index (κ3) is 3.17. The first-order chi connectivity index (χ1) is 14.0. The van der Waals surface area contributed by atoms with Crippen LogP contribution >= 0.6 is 0 Å². The van der Waals surface area contributed by atoms with E-state index < -0.39 is 11.5 Å². The number of esters is 1. The molecule has 4 heteroatoms. The van der Waals surface area contributed by atoms with Crippen LogP contribution in [0.5, 0.6) is 0 Å². The number of hydrogen-bond acceptors (Lipinski definition) is 3. The third-order valence-corrected chi connectivity index (χ3v) is 5.04. The van der Waals surface area contributed by atoms with Crippen LogP contribution in [0.4, 0.5) is 0 Å². The lowest BCUT2D eigenvalue weighted by molar-refractivity contribution is -0.146. The second-order valence-corrected chi connectivity index (χ2v) is 6.94. The highest BCUT2D eigenvalue weighted by Crippen LogP contribution is 2.39. The Morgan fingerprint density at radius 2 is 1.66 bits per heavy atom. The molecule has 1 heterocycles. The van der Waals surface area contributed by atoms with Crippen molar-refractivity contribution in [2.75, 3.05) is 7.11 Å². The second-order valence-electron chi connectivity index (χ2n) is 6.94.